The average Bonchev–Trinajstić information content (AvgIpc) is 2.76. The van der Waals surface area contributed by atoms with E-state index in [4.69, 9.17) is 0 Å². The van der Waals surface area contributed by atoms with Gasteiger partial charge in [-0.2, -0.15) is 39.5 Å². The maximum atomic E-state index is 13.5. The van der Waals surface area contributed by atoms with Gasteiger partial charge in [0.15, 0.2) is 6.23 Å². The summed E-state index contributed by atoms with van der Waals surface area (Å²) in [4.78, 5) is 4.62. The normalized spacial score (nSPS) is 13.6. The summed E-state index contributed by atoms with van der Waals surface area (Å²) in [7, 11) is 1.11. The van der Waals surface area contributed by atoms with Crippen molar-refractivity contribution < 1.29 is 44.6 Å². The topological polar surface area (TPSA) is 36.4 Å². The molecule has 1 heterocycles. The molecule has 2 aromatic carbocycles. The van der Waals surface area contributed by atoms with E-state index in [1.165, 1.54) is 12.1 Å². The Morgan fingerprint density at radius 1 is 0.765 bits per heavy atom. The van der Waals surface area contributed by atoms with Crippen molar-refractivity contribution in [3.63, 3.8) is 0 Å². The highest BCUT2D eigenvalue weighted by Crippen LogP contribution is 2.42. The van der Waals surface area contributed by atoms with Crippen molar-refractivity contribution in [2.75, 3.05) is 11.9 Å². The summed E-state index contributed by atoms with van der Waals surface area (Å²) >= 11 is 0. The first kappa shape index (κ1) is 25.3. The monoisotopic (exact) mass is 494 g/mol. The van der Waals surface area contributed by atoms with Gasteiger partial charge in [-0.25, -0.2) is 0 Å². The van der Waals surface area contributed by atoms with Gasteiger partial charge < -0.3 is 10.0 Å². The van der Waals surface area contributed by atoms with E-state index < -0.39 is 47.0 Å². The van der Waals surface area contributed by atoms with Crippen molar-refractivity contribution in [1.82, 2.24) is 4.98 Å². The zero-order chi connectivity index (χ0) is 25.5. The number of aliphatic hydroxyl groups excluding tert-OH is 1. The Bertz CT molecular complexity index is 1140. The van der Waals surface area contributed by atoms with E-state index in [-0.39, 0.29) is 22.9 Å². The van der Waals surface area contributed by atoms with Gasteiger partial charge in [-0.1, -0.05) is 18.2 Å². The number of aliphatic hydroxyl groups is 1. The first-order chi connectivity index (χ1) is 15.6. The van der Waals surface area contributed by atoms with Gasteiger partial charge >= 0.3 is 18.5 Å². The van der Waals surface area contributed by atoms with E-state index in [0.29, 0.717) is 12.1 Å². The summed E-state index contributed by atoms with van der Waals surface area (Å²) in [6, 6.07) is 6.24. The van der Waals surface area contributed by atoms with Crippen LogP contribution in [0.1, 0.15) is 28.5 Å². The molecule has 1 N–H and O–H groups in total. The Morgan fingerprint density at radius 2 is 1.32 bits per heavy atom. The molecule has 3 aromatic rings. The van der Waals surface area contributed by atoms with Gasteiger partial charge in [0.25, 0.3) is 0 Å². The lowest BCUT2D eigenvalue weighted by atomic mass is 9.98. The summed E-state index contributed by atoms with van der Waals surface area (Å²) in [6.07, 6.45) is -14.9. The molecule has 0 radical (unpaired) electrons. The Kier molecular flexibility index (Phi) is 6.57. The van der Waals surface area contributed by atoms with E-state index in [1.807, 2.05) is 0 Å². The molecule has 182 valence electrons. The fourth-order valence-electron chi connectivity index (χ4n) is 3.34. The molecule has 0 fully saturated rings. The summed E-state index contributed by atoms with van der Waals surface area (Å²) in [5, 5.41) is 10.7. The molecular weight excluding hydrogens is 479 g/mol. The molecule has 0 aliphatic heterocycles. The lowest BCUT2D eigenvalue weighted by molar-refractivity contribution is -0.143. The van der Waals surface area contributed by atoms with Crippen LogP contribution in [0, 0.1) is 0 Å². The lowest BCUT2D eigenvalue weighted by Gasteiger charge is -2.29. The van der Waals surface area contributed by atoms with Crippen molar-refractivity contribution in [3.05, 3.63) is 83.2 Å². The molecule has 3 rings (SSSR count). The second kappa shape index (κ2) is 8.82. The molecule has 1 aromatic heterocycles. The second-order valence-corrected chi connectivity index (χ2v) is 7.26. The standard InChI is InChI=1S/C22H15F9N2O/c1-33(19(34)12-8-13(20(23,24)25)10-14(9-12)21(26,27)28)18-11-32-7-6-16(18)15-4-2-3-5-17(15)22(29,30)31/h2-11,19,34H,1H3. The molecule has 0 bridgehead atoms. The van der Waals surface area contributed by atoms with Gasteiger partial charge in [-0.3, -0.25) is 4.98 Å². The number of aromatic nitrogens is 1. The predicted octanol–water partition coefficient (Wildman–Crippen LogP) is 6.93. The highest BCUT2D eigenvalue weighted by atomic mass is 19.4. The van der Waals surface area contributed by atoms with Crippen molar-refractivity contribution in [3.8, 4) is 11.1 Å². The van der Waals surface area contributed by atoms with E-state index in [1.54, 1.807) is 0 Å². The van der Waals surface area contributed by atoms with Crippen molar-refractivity contribution in [2.45, 2.75) is 24.8 Å². The smallest absolute Gasteiger partial charge is 0.369 e. The molecule has 0 spiro atoms. The number of anilines is 1. The molecule has 0 saturated heterocycles. The Morgan fingerprint density at radius 3 is 1.85 bits per heavy atom. The van der Waals surface area contributed by atoms with Gasteiger partial charge in [0.1, 0.15) is 0 Å². The molecule has 0 saturated carbocycles. The third-order valence-corrected chi connectivity index (χ3v) is 4.98. The van der Waals surface area contributed by atoms with Crippen LogP contribution in [0.5, 0.6) is 0 Å². The second-order valence-electron chi connectivity index (χ2n) is 7.26. The molecule has 0 aliphatic rings. The van der Waals surface area contributed by atoms with Crippen LogP contribution in [0.2, 0.25) is 0 Å². The zero-order valence-electron chi connectivity index (χ0n) is 17.1. The SMILES string of the molecule is CN(c1cnccc1-c1ccccc1C(F)(F)F)C(O)c1cc(C(F)(F)F)cc(C(F)(F)F)c1. The van der Waals surface area contributed by atoms with Gasteiger partial charge in [0.05, 0.1) is 28.6 Å². The molecule has 0 amide bonds. The highest BCUT2D eigenvalue weighted by molar-refractivity contribution is 5.80. The van der Waals surface area contributed by atoms with Gasteiger partial charge in [0.2, 0.25) is 0 Å². The van der Waals surface area contributed by atoms with Crippen LogP contribution in [0.3, 0.4) is 0 Å². The summed E-state index contributed by atoms with van der Waals surface area (Å²) in [5.74, 6) is 0. The number of hydrogen-bond donors (Lipinski definition) is 1. The van der Waals surface area contributed by atoms with Gasteiger partial charge in [-0.15, -0.1) is 0 Å². The van der Waals surface area contributed by atoms with Crippen molar-refractivity contribution >= 4 is 5.69 Å². The van der Waals surface area contributed by atoms with Crippen LogP contribution in [-0.2, 0) is 18.5 Å². The van der Waals surface area contributed by atoms with Crippen LogP contribution in [-0.4, -0.2) is 17.1 Å². The number of nitrogens with zero attached hydrogens (tertiary/aromatic N) is 2. The number of hydrogen-bond acceptors (Lipinski definition) is 3. The third kappa shape index (κ3) is 5.27. The summed E-state index contributed by atoms with van der Waals surface area (Å²) in [5.41, 5.74) is -5.62. The number of halogens is 9. The van der Waals surface area contributed by atoms with E-state index in [0.717, 1.165) is 42.5 Å². The van der Waals surface area contributed by atoms with Crippen LogP contribution in [0.4, 0.5) is 45.2 Å². The maximum absolute atomic E-state index is 13.5. The Hall–Kier alpha value is -3.28. The number of benzene rings is 2. The van der Waals surface area contributed by atoms with Crippen molar-refractivity contribution in [1.29, 1.82) is 0 Å². The minimum absolute atomic E-state index is 0.0903. The van der Waals surface area contributed by atoms with Gasteiger partial charge in [-0.05, 0) is 35.9 Å². The quantitative estimate of drug-likeness (QED) is 0.316. The zero-order valence-corrected chi connectivity index (χ0v) is 17.1. The molecular formula is C22H15F9N2O. The molecule has 3 nitrogen and oxygen atoms in total. The van der Waals surface area contributed by atoms with Crippen LogP contribution in [0.15, 0.2) is 60.9 Å². The Balaban J connectivity index is 2.13. The molecule has 1 unspecified atom stereocenters. The first-order valence-electron chi connectivity index (χ1n) is 9.41. The largest absolute Gasteiger partial charge is 0.417 e. The Labute approximate surface area is 187 Å². The van der Waals surface area contributed by atoms with Crippen LogP contribution >= 0.6 is 0 Å². The van der Waals surface area contributed by atoms with E-state index >= 15 is 0 Å². The van der Waals surface area contributed by atoms with E-state index in [2.05, 4.69) is 4.98 Å². The molecule has 12 heteroatoms. The molecule has 0 aliphatic carbocycles. The maximum Gasteiger partial charge on any atom is 0.417 e. The predicted molar refractivity (Wildman–Crippen MR) is 104 cm³/mol. The minimum Gasteiger partial charge on any atom is -0.369 e. The molecule has 34 heavy (non-hydrogen) atoms. The lowest BCUT2D eigenvalue weighted by Crippen LogP contribution is -2.26. The number of pyridine rings is 1. The van der Waals surface area contributed by atoms with Crippen LogP contribution in [0.25, 0.3) is 11.1 Å². The highest BCUT2D eigenvalue weighted by Gasteiger charge is 2.38. The third-order valence-electron chi connectivity index (χ3n) is 4.98. The minimum atomic E-state index is -5.14. The fraction of sp³-hybridized carbons (Fsp3) is 0.227. The fourth-order valence-corrected chi connectivity index (χ4v) is 3.34. The number of rotatable bonds is 4. The van der Waals surface area contributed by atoms with Crippen molar-refractivity contribution in [2.24, 2.45) is 0 Å². The molecule has 1 atom stereocenters. The summed E-state index contributed by atoms with van der Waals surface area (Å²) in [6.45, 7) is 0. The summed E-state index contributed by atoms with van der Waals surface area (Å²) < 4.78 is 120. The number of alkyl halides is 9. The first-order valence-corrected chi connectivity index (χ1v) is 9.41. The van der Waals surface area contributed by atoms with Gasteiger partial charge in [0, 0.05) is 24.4 Å². The van der Waals surface area contributed by atoms with E-state index in [9.17, 15) is 44.6 Å². The average molecular weight is 494 g/mol. The van der Waals surface area contributed by atoms with Crippen LogP contribution < -0.4 is 4.90 Å².